The molecule has 2 atom stereocenters. The van der Waals surface area contributed by atoms with Gasteiger partial charge in [-0.25, -0.2) is 9.18 Å². The van der Waals surface area contributed by atoms with Crippen LogP contribution in [0.2, 0.25) is 0 Å². The van der Waals surface area contributed by atoms with Gasteiger partial charge in [0.15, 0.2) is 0 Å². The Hall–Kier alpha value is -2.56. The summed E-state index contributed by atoms with van der Waals surface area (Å²) in [5.74, 6) is 0.753. The summed E-state index contributed by atoms with van der Waals surface area (Å²) in [6.07, 6.45) is -1.02. The Bertz CT molecular complexity index is 675. The summed E-state index contributed by atoms with van der Waals surface area (Å²) in [5.41, 5.74) is 1.87. The van der Waals surface area contributed by atoms with E-state index in [4.69, 9.17) is 9.47 Å². The average molecular weight is 329 g/mol. The molecule has 24 heavy (non-hydrogen) atoms. The van der Waals surface area contributed by atoms with E-state index in [1.54, 1.807) is 7.11 Å². The molecule has 1 amide bonds. The van der Waals surface area contributed by atoms with E-state index in [0.29, 0.717) is 6.42 Å². The molecular weight excluding hydrogens is 309 g/mol. The Morgan fingerprint density at radius 1 is 1.12 bits per heavy atom. The quantitative estimate of drug-likeness (QED) is 0.841. The SMILES string of the molecule is COc1ccc(C[C@H]2[C@@H](F)CN2C(=O)OCc2ccccc2)cc1. The minimum absolute atomic E-state index is 0.0917. The molecule has 5 heteroatoms. The number of alkyl halides is 1. The lowest BCUT2D eigenvalue weighted by Gasteiger charge is -2.43. The number of benzene rings is 2. The van der Waals surface area contributed by atoms with Gasteiger partial charge in [0.25, 0.3) is 0 Å². The fraction of sp³-hybridized carbons (Fsp3) is 0.316. The molecule has 2 aromatic rings. The Labute approximate surface area is 140 Å². The van der Waals surface area contributed by atoms with Crippen LogP contribution in [-0.2, 0) is 17.8 Å². The van der Waals surface area contributed by atoms with Crippen LogP contribution in [0.4, 0.5) is 9.18 Å². The van der Waals surface area contributed by atoms with Gasteiger partial charge in [-0.15, -0.1) is 0 Å². The molecule has 0 spiro atoms. The van der Waals surface area contributed by atoms with Gasteiger partial charge >= 0.3 is 6.09 Å². The van der Waals surface area contributed by atoms with E-state index in [1.165, 1.54) is 4.90 Å². The van der Waals surface area contributed by atoms with Crippen LogP contribution in [-0.4, -0.2) is 36.9 Å². The third-order valence-corrected chi connectivity index (χ3v) is 4.23. The molecule has 0 unspecified atom stereocenters. The molecule has 0 aromatic heterocycles. The van der Waals surface area contributed by atoms with E-state index in [9.17, 15) is 9.18 Å². The summed E-state index contributed by atoms with van der Waals surface area (Å²) in [6, 6.07) is 16.4. The van der Waals surface area contributed by atoms with Crippen LogP contribution in [0, 0.1) is 0 Å². The minimum Gasteiger partial charge on any atom is -0.497 e. The van der Waals surface area contributed by atoms with Crippen molar-refractivity contribution in [2.45, 2.75) is 25.2 Å². The predicted molar refractivity (Wildman–Crippen MR) is 88.7 cm³/mol. The van der Waals surface area contributed by atoms with Crippen LogP contribution in [0.25, 0.3) is 0 Å². The van der Waals surface area contributed by atoms with Crippen molar-refractivity contribution in [3.8, 4) is 5.75 Å². The predicted octanol–water partition coefficient (Wildman–Crippen LogP) is 3.60. The number of hydrogen-bond donors (Lipinski definition) is 0. The highest BCUT2D eigenvalue weighted by Crippen LogP contribution is 2.26. The highest BCUT2D eigenvalue weighted by molar-refractivity contribution is 5.69. The number of carbonyl (C=O) groups is 1. The first kappa shape index (κ1) is 16.3. The number of amides is 1. The zero-order chi connectivity index (χ0) is 16.9. The second-order valence-corrected chi connectivity index (χ2v) is 5.83. The molecule has 3 rings (SSSR count). The van der Waals surface area contributed by atoms with Gasteiger partial charge in [0.05, 0.1) is 19.7 Å². The zero-order valence-corrected chi connectivity index (χ0v) is 13.5. The van der Waals surface area contributed by atoms with Gasteiger partial charge in [-0.1, -0.05) is 42.5 Å². The van der Waals surface area contributed by atoms with Crippen molar-refractivity contribution in [3.63, 3.8) is 0 Å². The lowest BCUT2D eigenvalue weighted by molar-refractivity contribution is -0.0132. The highest BCUT2D eigenvalue weighted by Gasteiger charge is 2.43. The molecule has 126 valence electrons. The highest BCUT2D eigenvalue weighted by atomic mass is 19.1. The maximum Gasteiger partial charge on any atom is 0.410 e. The number of halogens is 1. The number of ether oxygens (including phenoxy) is 2. The number of likely N-dealkylation sites (tertiary alicyclic amines) is 1. The first-order valence-corrected chi connectivity index (χ1v) is 7.91. The van der Waals surface area contributed by atoms with Crippen LogP contribution in [0.5, 0.6) is 5.75 Å². The maximum atomic E-state index is 13.9. The monoisotopic (exact) mass is 329 g/mol. The molecular formula is C19H20FNO3. The van der Waals surface area contributed by atoms with E-state index >= 15 is 0 Å². The second kappa shape index (κ2) is 7.34. The molecule has 0 saturated carbocycles. The molecule has 0 N–H and O–H groups in total. The number of nitrogens with zero attached hydrogens (tertiary/aromatic N) is 1. The Balaban J connectivity index is 1.56. The first-order chi connectivity index (χ1) is 11.7. The molecule has 1 aliphatic heterocycles. The van der Waals surface area contributed by atoms with E-state index in [-0.39, 0.29) is 13.2 Å². The third-order valence-electron chi connectivity index (χ3n) is 4.23. The Morgan fingerprint density at radius 2 is 1.83 bits per heavy atom. The molecule has 2 aromatic carbocycles. The van der Waals surface area contributed by atoms with Crippen molar-refractivity contribution in [2.24, 2.45) is 0 Å². The van der Waals surface area contributed by atoms with Crippen molar-refractivity contribution < 1.29 is 18.7 Å². The number of hydrogen-bond acceptors (Lipinski definition) is 3. The van der Waals surface area contributed by atoms with Gasteiger partial charge in [0, 0.05) is 0 Å². The molecule has 0 radical (unpaired) electrons. The summed E-state index contributed by atoms with van der Waals surface area (Å²) in [4.78, 5) is 13.6. The van der Waals surface area contributed by atoms with Crippen molar-refractivity contribution in [2.75, 3.05) is 13.7 Å². The molecule has 1 heterocycles. The van der Waals surface area contributed by atoms with E-state index in [2.05, 4.69) is 0 Å². The molecule has 1 saturated heterocycles. The lowest BCUT2D eigenvalue weighted by atomic mass is 9.94. The molecule has 1 aliphatic rings. The second-order valence-electron chi connectivity index (χ2n) is 5.83. The summed E-state index contributed by atoms with van der Waals surface area (Å²) in [6.45, 7) is 0.289. The van der Waals surface area contributed by atoms with Crippen LogP contribution >= 0.6 is 0 Å². The van der Waals surface area contributed by atoms with E-state index in [1.807, 2.05) is 54.6 Å². The minimum atomic E-state index is -1.02. The van der Waals surface area contributed by atoms with Crippen LogP contribution in [0.3, 0.4) is 0 Å². The van der Waals surface area contributed by atoms with Gasteiger partial charge in [0.1, 0.15) is 18.5 Å². The first-order valence-electron chi connectivity index (χ1n) is 7.91. The van der Waals surface area contributed by atoms with Gasteiger partial charge in [-0.05, 0) is 29.7 Å². The standard InChI is InChI=1S/C19H20FNO3/c1-23-16-9-7-14(8-10-16)11-18-17(20)12-21(18)19(22)24-13-15-5-3-2-4-6-15/h2-10,17-18H,11-13H2,1H3/t17-,18-/m0/s1. The van der Waals surface area contributed by atoms with Crippen molar-refractivity contribution >= 4 is 6.09 Å². The third kappa shape index (κ3) is 3.67. The van der Waals surface area contributed by atoms with Crippen molar-refractivity contribution in [1.29, 1.82) is 0 Å². The summed E-state index contributed by atoms with van der Waals surface area (Å²) < 4.78 is 24.3. The lowest BCUT2D eigenvalue weighted by Crippen LogP contribution is -2.61. The summed E-state index contributed by atoms with van der Waals surface area (Å²) in [7, 11) is 1.60. The Morgan fingerprint density at radius 3 is 2.46 bits per heavy atom. The fourth-order valence-corrected chi connectivity index (χ4v) is 2.76. The largest absolute Gasteiger partial charge is 0.497 e. The molecule has 1 fully saturated rings. The van der Waals surface area contributed by atoms with E-state index < -0.39 is 18.3 Å². The number of carbonyl (C=O) groups excluding carboxylic acids is 1. The van der Waals surface area contributed by atoms with Crippen LogP contribution in [0.1, 0.15) is 11.1 Å². The maximum absolute atomic E-state index is 13.9. The van der Waals surface area contributed by atoms with Gasteiger partial charge < -0.3 is 9.47 Å². The molecule has 0 bridgehead atoms. The number of methoxy groups -OCH3 is 1. The summed E-state index contributed by atoms with van der Waals surface area (Å²) >= 11 is 0. The van der Waals surface area contributed by atoms with E-state index in [0.717, 1.165) is 16.9 Å². The topological polar surface area (TPSA) is 38.8 Å². The van der Waals surface area contributed by atoms with Gasteiger partial charge in [0.2, 0.25) is 0 Å². The van der Waals surface area contributed by atoms with Crippen LogP contribution in [0.15, 0.2) is 54.6 Å². The van der Waals surface area contributed by atoms with Crippen molar-refractivity contribution in [3.05, 3.63) is 65.7 Å². The zero-order valence-electron chi connectivity index (χ0n) is 13.5. The molecule has 0 aliphatic carbocycles. The normalized spacial score (nSPS) is 19.5. The molecule has 4 nitrogen and oxygen atoms in total. The number of rotatable bonds is 5. The van der Waals surface area contributed by atoms with Crippen molar-refractivity contribution in [1.82, 2.24) is 4.90 Å². The van der Waals surface area contributed by atoms with Crippen LogP contribution < -0.4 is 4.74 Å². The average Bonchev–Trinajstić information content (AvgIpc) is 2.63. The van der Waals surface area contributed by atoms with Gasteiger partial charge in [-0.2, -0.15) is 0 Å². The van der Waals surface area contributed by atoms with Gasteiger partial charge in [-0.3, -0.25) is 4.90 Å². The Kier molecular flexibility index (Phi) is 4.99. The fourth-order valence-electron chi connectivity index (χ4n) is 2.76. The summed E-state index contributed by atoms with van der Waals surface area (Å²) in [5, 5.41) is 0. The smallest absolute Gasteiger partial charge is 0.410 e.